The first-order valence-electron chi connectivity index (χ1n) is 8.53. The molecule has 0 fully saturated rings. The van der Waals surface area contributed by atoms with Gasteiger partial charge in [-0.25, -0.2) is 4.99 Å². The Balaban J connectivity index is 1.78. The van der Waals surface area contributed by atoms with E-state index in [-0.39, 0.29) is 12.5 Å². The number of pyridine rings is 1. The van der Waals surface area contributed by atoms with E-state index in [0.29, 0.717) is 25.6 Å². The molecule has 0 bridgehead atoms. The first-order chi connectivity index (χ1) is 12.7. The summed E-state index contributed by atoms with van der Waals surface area (Å²) in [5.74, 6) is 1.27. The van der Waals surface area contributed by atoms with Gasteiger partial charge in [-0.3, -0.25) is 9.78 Å². The van der Waals surface area contributed by atoms with E-state index >= 15 is 0 Å². The molecule has 0 saturated carbocycles. The van der Waals surface area contributed by atoms with Gasteiger partial charge in [-0.1, -0.05) is 18.2 Å². The summed E-state index contributed by atoms with van der Waals surface area (Å²) in [7, 11) is 1.62. The maximum atomic E-state index is 12.0. The lowest BCUT2D eigenvalue weighted by molar-refractivity contribution is -0.120. The second-order valence-corrected chi connectivity index (χ2v) is 5.49. The van der Waals surface area contributed by atoms with Gasteiger partial charge in [0.2, 0.25) is 5.91 Å². The highest BCUT2D eigenvalue weighted by Gasteiger charge is 2.04. The minimum Gasteiger partial charge on any atom is -0.497 e. The fourth-order valence-electron chi connectivity index (χ4n) is 2.16. The molecule has 0 atom stereocenters. The van der Waals surface area contributed by atoms with Crippen LogP contribution in [0.5, 0.6) is 5.75 Å². The first-order valence-corrected chi connectivity index (χ1v) is 8.53. The average molecular weight is 355 g/mol. The topological polar surface area (TPSA) is 87.6 Å². The fourth-order valence-corrected chi connectivity index (χ4v) is 2.16. The summed E-state index contributed by atoms with van der Waals surface area (Å²) >= 11 is 0. The third-order valence-corrected chi connectivity index (χ3v) is 3.53. The minimum absolute atomic E-state index is 0.107. The molecule has 0 aliphatic heterocycles. The number of aromatic nitrogens is 1. The predicted molar refractivity (Wildman–Crippen MR) is 102 cm³/mol. The Bertz CT molecular complexity index is 702. The molecule has 7 nitrogen and oxygen atoms in total. The normalized spacial score (nSPS) is 10.9. The molecule has 1 heterocycles. The summed E-state index contributed by atoms with van der Waals surface area (Å²) < 4.78 is 5.12. The summed E-state index contributed by atoms with van der Waals surface area (Å²) in [6.45, 7) is 3.74. The van der Waals surface area contributed by atoms with Crippen LogP contribution in [0.25, 0.3) is 0 Å². The lowest BCUT2D eigenvalue weighted by Crippen LogP contribution is -2.43. The van der Waals surface area contributed by atoms with Gasteiger partial charge >= 0.3 is 0 Å². The van der Waals surface area contributed by atoms with Crippen LogP contribution in [0.3, 0.4) is 0 Å². The fraction of sp³-hybridized carbons (Fsp3) is 0.316. The summed E-state index contributed by atoms with van der Waals surface area (Å²) in [4.78, 5) is 20.7. The van der Waals surface area contributed by atoms with Gasteiger partial charge < -0.3 is 20.7 Å². The van der Waals surface area contributed by atoms with Gasteiger partial charge in [-0.2, -0.15) is 0 Å². The molecule has 0 spiro atoms. The predicted octanol–water partition coefficient (Wildman–Crippen LogP) is 1.46. The maximum absolute atomic E-state index is 12.0. The highest BCUT2D eigenvalue weighted by Crippen LogP contribution is 2.10. The summed E-state index contributed by atoms with van der Waals surface area (Å²) in [5.41, 5.74) is 1.88. The molecule has 0 radical (unpaired) electrons. The zero-order valence-electron chi connectivity index (χ0n) is 15.2. The molecule has 1 amide bonds. The molecule has 0 unspecified atom stereocenters. The number of benzene rings is 1. The molecule has 7 heteroatoms. The van der Waals surface area contributed by atoms with Crippen LogP contribution in [0, 0.1) is 0 Å². The van der Waals surface area contributed by atoms with Gasteiger partial charge in [0.25, 0.3) is 0 Å². The van der Waals surface area contributed by atoms with E-state index in [0.717, 1.165) is 17.0 Å². The van der Waals surface area contributed by atoms with Crippen molar-refractivity contribution in [2.24, 2.45) is 4.99 Å². The molecule has 2 rings (SSSR count). The number of hydrogen-bond acceptors (Lipinski definition) is 4. The summed E-state index contributed by atoms with van der Waals surface area (Å²) in [6, 6.07) is 13.3. The molecule has 0 aliphatic rings. The zero-order chi connectivity index (χ0) is 18.6. The van der Waals surface area contributed by atoms with Crippen molar-refractivity contribution in [2.75, 3.05) is 20.2 Å². The van der Waals surface area contributed by atoms with Crippen molar-refractivity contribution >= 4 is 11.9 Å². The number of ether oxygens (including phenoxy) is 1. The minimum atomic E-state index is -0.107. The number of aliphatic imine (C=N–C) groups is 1. The van der Waals surface area contributed by atoms with Gasteiger partial charge in [0.05, 0.1) is 25.9 Å². The van der Waals surface area contributed by atoms with Gasteiger partial charge in [0.1, 0.15) is 5.75 Å². The second kappa shape index (κ2) is 10.7. The number of guanidine groups is 1. The molecule has 1 aromatic heterocycles. The van der Waals surface area contributed by atoms with Crippen molar-refractivity contribution in [1.29, 1.82) is 0 Å². The van der Waals surface area contributed by atoms with Gasteiger partial charge in [0, 0.05) is 19.3 Å². The number of hydrogen-bond donors (Lipinski definition) is 3. The van der Waals surface area contributed by atoms with E-state index in [1.54, 1.807) is 13.3 Å². The highest BCUT2D eigenvalue weighted by molar-refractivity contribution is 5.86. The van der Waals surface area contributed by atoms with Crippen molar-refractivity contribution < 1.29 is 9.53 Å². The van der Waals surface area contributed by atoms with Crippen LogP contribution in [0.1, 0.15) is 18.2 Å². The largest absolute Gasteiger partial charge is 0.497 e. The molecule has 138 valence electrons. The third kappa shape index (κ3) is 6.80. The van der Waals surface area contributed by atoms with Crippen LogP contribution in [0.15, 0.2) is 53.7 Å². The monoisotopic (exact) mass is 355 g/mol. The molecule has 26 heavy (non-hydrogen) atoms. The van der Waals surface area contributed by atoms with Crippen LogP contribution in [-0.4, -0.2) is 37.1 Å². The van der Waals surface area contributed by atoms with Crippen molar-refractivity contribution in [1.82, 2.24) is 20.9 Å². The van der Waals surface area contributed by atoms with E-state index in [4.69, 9.17) is 4.74 Å². The highest BCUT2D eigenvalue weighted by atomic mass is 16.5. The van der Waals surface area contributed by atoms with Crippen LogP contribution in [0.4, 0.5) is 0 Å². The Labute approximate surface area is 153 Å². The number of rotatable bonds is 8. The SMILES string of the molecule is CCNC(=NCc1ccccn1)NCC(=O)NCc1ccc(OC)cc1. The van der Waals surface area contributed by atoms with Gasteiger partial charge in [-0.05, 0) is 36.8 Å². The van der Waals surface area contributed by atoms with Crippen molar-refractivity contribution in [3.05, 3.63) is 59.9 Å². The van der Waals surface area contributed by atoms with E-state index in [1.165, 1.54) is 0 Å². The first kappa shape index (κ1) is 19.2. The average Bonchev–Trinajstić information content (AvgIpc) is 2.69. The Morgan fingerprint density at radius 2 is 1.92 bits per heavy atom. The van der Waals surface area contributed by atoms with E-state index in [1.807, 2.05) is 49.4 Å². The molecule has 0 saturated heterocycles. The Morgan fingerprint density at radius 3 is 2.58 bits per heavy atom. The van der Waals surface area contributed by atoms with Crippen molar-refractivity contribution in [2.45, 2.75) is 20.0 Å². The van der Waals surface area contributed by atoms with Gasteiger partial charge in [-0.15, -0.1) is 0 Å². The third-order valence-electron chi connectivity index (χ3n) is 3.53. The Hall–Kier alpha value is -3.09. The summed E-state index contributed by atoms with van der Waals surface area (Å²) in [5, 5.41) is 9.01. The standard InChI is InChI=1S/C19H25N5O2/c1-3-20-19(23-13-16-6-4-5-11-21-16)24-14-18(25)22-12-15-7-9-17(26-2)10-8-15/h4-11H,3,12-14H2,1-2H3,(H,22,25)(H2,20,23,24). The molecule has 0 aliphatic carbocycles. The lowest BCUT2D eigenvalue weighted by Gasteiger charge is -2.11. The molecule has 3 N–H and O–H groups in total. The smallest absolute Gasteiger partial charge is 0.239 e. The Kier molecular flexibility index (Phi) is 7.92. The number of nitrogens with one attached hydrogen (secondary N) is 3. The molecular formula is C19H25N5O2. The van der Waals surface area contributed by atoms with Crippen LogP contribution in [0.2, 0.25) is 0 Å². The Morgan fingerprint density at radius 1 is 1.12 bits per heavy atom. The van der Waals surface area contributed by atoms with Crippen LogP contribution >= 0.6 is 0 Å². The van der Waals surface area contributed by atoms with E-state index < -0.39 is 0 Å². The molecule has 1 aromatic carbocycles. The van der Waals surface area contributed by atoms with Crippen LogP contribution in [-0.2, 0) is 17.9 Å². The second-order valence-electron chi connectivity index (χ2n) is 5.49. The number of carbonyl (C=O) groups excluding carboxylic acids is 1. The van der Waals surface area contributed by atoms with E-state index in [2.05, 4.69) is 25.9 Å². The number of nitrogens with zero attached hydrogens (tertiary/aromatic N) is 2. The van der Waals surface area contributed by atoms with E-state index in [9.17, 15) is 4.79 Å². The number of carbonyl (C=O) groups is 1. The summed E-state index contributed by atoms with van der Waals surface area (Å²) in [6.07, 6.45) is 1.73. The lowest BCUT2D eigenvalue weighted by atomic mass is 10.2. The van der Waals surface area contributed by atoms with Crippen molar-refractivity contribution in [3.8, 4) is 5.75 Å². The van der Waals surface area contributed by atoms with Crippen molar-refractivity contribution in [3.63, 3.8) is 0 Å². The number of methoxy groups -OCH3 is 1. The molecular weight excluding hydrogens is 330 g/mol. The number of amides is 1. The maximum Gasteiger partial charge on any atom is 0.239 e. The van der Waals surface area contributed by atoms with Gasteiger partial charge in [0.15, 0.2) is 5.96 Å². The quantitative estimate of drug-likeness (QED) is 0.493. The molecule has 2 aromatic rings. The van der Waals surface area contributed by atoms with Crippen LogP contribution < -0.4 is 20.7 Å². The zero-order valence-corrected chi connectivity index (χ0v) is 15.2.